The minimum Gasteiger partial charge on any atom is -0.398 e. The van der Waals surface area contributed by atoms with Crippen molar-refractivity contribution >= 4 is 27.5 Å². The van der Waals surface area contributed by atoms with E-state index in [0.29, 0.717) is 17.8 Å². The third kappa shape index (κ3) is 3.73. The van der Waals surface area contributed by atoms with Crippen molar-refractivity contribution in [2.75, 3.05) is 25.4 Å². The highest BCUT2D eigenvalue weighted by Gasteiger charge is 2.25. The van der Waals surface area contributed by atoms with Gasteiger partial charge in [0.15, 0.2) is 0 Å². The number of piperidine rings is 1. The number of benzene rings is 1. The average molecular weight is 341 g/mol. The zero-order valence-electron chi connectivity index (χ0n) is 11.8. The number of rotatable bonds is 4. The molecule has 1 unspecified atom stereocenters. The molecular weight excluding hydrogens is 320 g/mol. The molecule has 110 valence electrons. The van der Waals surface area contributed by atoms with Crippen molar-refractivity contribution in [3.63, 3.8) is 0 Å². The van der Waals surface area contributed by atoms with E-state index in [9.17, 15) is 4.79 Å². The smallest absolute Gasteiger partial charge is 0.253 e. The lowest BCUT2D eigenvalue weighted by atomic mass is 10.1. The number of hydrogen-bond donors (Lipinski definition) is 1. The Bertz CT molecular complexity index is 479. The van der Waals surface area contributed by atoms with E-state index < -0.39 is 0 Å². The van der Waals surface area contributed by atoms with Gasteiger partial charge in [0.1, 0.15) is 0 Å². The van der Waals surface area contributed by atoms with Gasteiger partial charge in [-0.05, 0) is 53.4 Å². The van der Waals surface area contributed by atoms with Crippen molar-refractivity contribution in [3.05, 3.63) is 28.2 Å². The van der Waals surface area contributed by atoms with Gasteiger partial charge in [0.05, 0.1) is 6.10 Å². The van der Waals surface area contributed by atoms with Gasteiger partial charge in [-0.25, -0.2) is 0 Å². The van der Waals surface area contributed by atoms with Gasteiger partial charge in [-0.3, -0.25) is 4.79 Å². The Morgan fingerprint density at radius 1 is 1.55 bits per heavy atom. The second kappa shape index (κ2) is 7.09. The van der Waals surface area contributed by atoms with E-state index in [1.807, 2.05) is 4.90 Å². The zero-order valence-corrected chi connectivity index (χ0v) is 13.4. The van der Waals surface area contributed by atoms with Crippen LogP contribution in [0.15, 0.2) is 22.7 Å². The number of carbonyl (C=O) groups is 1. The van der Waals surface area contributed by atoms with E-state index >= 15 is 0 Å². The molecule has 0 aliphatic carbocycles. The molecule has 5 heteroatoms. The number of nitrogens with zero attached hydrogens (tertiary/aromatic N) is 1. The molecule has 1 fully saturated rings. The topological polar surface area (TPSA) is 55.6 Å². The molecule has 1 aliphatic rings. The highest BCUT2D eigenvalue weighted by atomic mass is 79.9. The maximum absolute atomic E-state index is 12.5. The summed E-state index contributed by atoms with van der Waals surface area (Å²) >= 11 is 3.36. The van der Waals surface area contributed by atoms with Crippen LogP contribution in [0.3, 0.4) is 0 Å². The molecule has 1 atom stereocenters. The lowest BCUT2D eigenvalue weighted by molar-refractivity contribution is 0.00211. The number of nitrogens with two attached hydrogens (primary N) is 1. The van der Waals surface area contributed by atoms with Crippen molar-refractivity contribution in [3.8, 4) is 0 Å². The van der Waals surface area contributed by atoms with Gasteiger partial charge >= 0.3 is 0 Å². The van der Waals surface area contributed by atoms with Crippen LogP contribution < -0.4 is 5.73 Å². The van der Waals surface area contributed by atoms with Crippen LogP contribution >= 0.6 is 15.9 Å². The normalized spacial score (nSPS) is 19.1. The van der Waals surface area contributed by atoms with Crippen LogP contribution in [-0.2, 0) is 4.74 Å². The van der Waals surface area contributed by atoms with Gasteiger partial charge in [-0.2, -0.15) is 0 Å². The molecule has 1 aromatic carbocycles. The molecule has 0 radical (unpaired) electrons. The van der Waals surface area contributed by atoms with Crippen LogP contribution in [0, 0.1) is 0 Å². The number of carbonyl (C=O) groups excluding carboxylic acids is 1. The Kier molecular flexibility index (Phi) is 5.43. The number of nitrogen functional groups attached to an aromatic ring is 1. The predicted molar refractivity (Wildman–Crippen MR) is 83.7 cm³/mol. The Balaban J connectivity index is 2.02. The summed E-state index contributed by atoms with van der Waals surface area (Å²) in [5.74, 6) is 0.0514. The molecule has 0 saturated carbocycles. The number of amides is 1. The summed E-state index contributed by atoms with van der Waals surface area (Å²) in [6, 6.07) is 5.32. The number of halogens is 1. The maximum atomic E-state index is 12.5. The average Bonchev–Trinajstić information content (AvgIpc) is 2.47. The molecule has 2 rings (SSSR count). The van der Waals surface area contributed by atoms with Gasteiger partial charge < -0.3 is 15.4 Å². The Hall–Kier alpha value is -1.07. The van der Waals surface area contributed by atoms with Crippen LogP contribution in [0.4, 0.5) is 5.69 Å². The quantitative estimate of drug-likeness (QED) is 0.857. The number of likely N-dealkylation sites (tertiary alicyclic amines) is 1. The fourth-order valence-corrected chi connectivity index (χ4v) is 2.76. The molecule has 2 N–H and O–H groups in total. The Morgan fingerprint density at radius 3 is 3.05 bits per heavy atom. The fourth-order valence-electron chi connectivity index (χ4n) is 2.39. The van der Waals surface area contributed by atoms with Gasteiger partial charge in [-0.1, -0.05) is 6.92 Å². The first kappa shape index (κ1) is 15.3. The molecule has 1 aliphatic heterocycles. The summed E-state index contributed by atoms with van der Waals surface area (Å²) in [5.41, 5.74) is 7.06. The van der Waals surface area contributed by atoms with E-state index in [-0.39, 0.29) is 12.0 Å². The zero-order chi connectivity index (χ0) is 14.5. The van der Waals surface area contributed by atoms with Crippen LogP contribution in [0.2, 0.25) is 0 Å². The van der Waals surface area contributed by atoms with E-state index in [1.54, 1.807) is 18.2 Å². The van der Waals surface area contributed by atoms with Crippen molar-refractivity contribution < 1.29 is 9.53 Å². The number of hydrogen-bond acceptors (Lipinski definition) is 3. The molecular formula is C15H21BrN2O2. The van der Waals surface area contributed by atoms with Crippen molar-refractivity contribution in [1.29, 1.82) is 0 Å². The minimum atomic E-state index is 0.0514. The van der Waals surface area contributed by atoms with Crippen LogP contribution in [0.25, 0.3) is 0 Å². The summed E-state index contributed by atoms with van der Waals surface area (Å²) in [6.45, 7) is 4.34. The highest BCUT2D eigenvalue weighted by Crippen LogP contribution is 2.22. The first-order chi connectivity index (χ1) is 9.61. The monoisotopic (exact) mass is 340 g/mol. The first-order valence-electron chi connectivity index (χ1n) is 7.07. The minimum absolute atomic E-state index is 0.0514. The molecule has 0 aromatic heterocycles. The van der Waals surface area contributed by atoms with E-state index in [2.05, 4.69) is 22.9 Å². The Morgan fingerprint density at radius 2 is 2.35 bits per heavy atom. The van der Waals surface area contributed by atoms with Crippen molar-refractivity contribution in [2.24, 2.45) is 0 Å². The second-order valence-corrected chi connectivity index (χ2v) is 5.98. The SMILES string of the molecule is CCCOC1CCCN(C(=O)c2ccc(N)c(Br)c2)C1. The Labute approximate surface area is 128 Å². The molecule has 20 heavy (non-hydrogen) atoms. The van der Waals surface area contributed by atoms with E-state index in [0.717, 1.165) is 36.9 Å². The molecule has 1 heterocycles. The summed E-state index contributed by atoms with van der Waals surface area (Å²) < 4.78 is 6.53. The first-order valence-corrected chi connectivity index (χ1v) is 7.87. The summed E-state index contributed by atoms with van der Waals surface area (Å²) in [5, 5.41) is 0. The third-order valence-electron chi connectivity index (χ3n) is 3.47. The van der Waals surface area contributed by atoms with Crippen LogP contribution in [-0.4, -0.2) is 36.6 Å². The highest BCUT2D eigenvalue weighted by molar-refractivity contribution is 9.10. The number of anilines is 1. The molecule has 0 bridgehead atoms. The van der Waals surface area contributed by atoms with E-state index in [1.165, 1.54) is 0 Å². The predicted octanol–water partition coefficient (Wildman–Crippen LogP) is 3.06. The fraction of sp³-hybridized carbons (Fsp3) is 0.533. The lowest BCUT2D eigenvalue weighted by Crippen LogP contribution is -2.43. The standard InChI is InChI=1S/C15H21BrN2O2/c1-2-8-20-12-4-3-7-18(10-12)15(19)11-5-6-14(17)13(16)9-11/h5-6,9,12H,2-4,7-8,10,17H2,1H3. The van der Waals surface area contributed by atoms with Crippen LogP contribution in [0.1, 0.15) is 36.5 Å². The number of ether oxygens (including phenoxy) is 1. The van der Waals surface area contributed by atoms with Crippen molar-refractivity contribution in [1.82, 2.24) is 4.90 Å². The summed E-state index contributed by atoms with van der Waals surface area (Å²) in [6.07, 6.45) is 3.21. The summed E-state index contributed by atoms with van der Waals surface area (Å²) in [4.78, 5) is 14.4. The van der Waals surface area contributed by atoms with Crippen molar-refractivity contribution in [2.45, 2.75) is 32.3 Å². The van der Waals surface area contributed by atoms with Gasteiger partial charge in [0.2, 0.25) is 0 Å². The molecule has 0 spiro atoms. The molecule has 1 aromatic rings. The molecule has 1 amide bonds. The summed E-state index contributed by atoms with van der Waals surface area (Å²) in [7, 11) is 0. The largest absolute Gasteiger partial charge is 0.398 e. The van der Waals surface area contributed by atoms with Crippen LogP contribution in [0.5, 0.6) is 0 Å². The third-order valence-corrected chi connectivity index (χ3v) is 4.16. The molecule has 4 nitrogen and oxygen atoms in total. The maximum Gasteiger partial charge on any atom is 0.253 e. The van der Waals surface area contributed by atoms with Gasteiger partial charge in [0.25, 0.3) is 5.91 Å². The lowest BCUT2D eigenvalue weighted by Gasteiger charge is -2.32. The van der Waals surface area contributed by atoms with Gasteiger partial charge in [0, 0.05) is 35.4 Å². The molecule has 1 saturated heterocycles. The van der Waals surface area contributed by atoms with Gasteiger partial charge in [-0.15, -0.1) is 0 Å². The van der Waals surface area contributed by atoms with E-state index in [4.69, 9.17) is 10.5 Å². The second-order valence-electron chi connectivity index (χ2n) is 5.12.